The molecule has 0 aliphatic carbocycles. The van der Waals surface area contributed by atoms with Crippen molar-refractivity contribution >= 4 is 11.3 Å². The smallest absolute Gasteiger partial charge is 0.127 e. The summed E-state index contributed by atoms with van der Waals surface area (Å²) < 4.78 is 5.26. The highest BCUT2D eigenvalue weighted by Gasteiger charge is 2.08. The van der Waals surface area contributed by atoms with Gasteiger partial charge in [0, 0.05) is 17.6 Å². The summed E-state index contributed by atoms with van der Waals surface area (Å²) in [6.07, 6.45) is 3.63. The summed E-state index contributed by atoms with van der Waals surface area (Å²) in [7, 11) is 0. The Balaban J connectivity index is 2.17. The van der Waals surface area contributed by atoms with E-state index >= 15 is 0 Å². The van der Waals surface area contributed by atoms with Crippen LogP contribution in [0.4, 0.5) is 0 Å². The van der Waals surface area contributed by atoms with Crippen LogP contribution in [0.25, 0.3) is 10.6 Å². The van der Waals surface area contributed by atoms with Crippen LogP contribution in [0.1, 0.15) is 17.6 Å². The topological polar surface area (TPSA) is 38.1 Å². The van der Waals surface area contributed by atoms with Crippen LogP contribution in [0.3, 0.4) is 0 Å². The highest BCUT2D eigenvalue weighted by molar-refractivity contribution is 7.15. The highest BCUT2D eigenvalue weighted by Crippen LogP contribution is 2.28. The predicted molar refractivity (Wildman–Crippen MR) is 61.9 cm³/mol. The van der Waals surface area contributed by atoms with Gasteiger partial charge in [-0.2, -0.15) is 0 Å². The Kier molecular flexibility index (Phi) is 3.18. The van der Waals surface area contributed by atoms with Gasteiger partial charge in [-0.15, -0.1) is 11.3 Å². The van der Waals surface area contributed by atoms with E-state index in [1.165, 1.54) is 4.88 Å². The second-order valence-corrected chi connectivity index (χ2v) is 4.42. The van der Waals surface area contributed by atoms with Crippen molar-refractivity contribution in [2.45, 2.75) is 20.4 Å². The Morgan fingerprint density at radius 1 is 1.53 bits per heavy atom. The maximum absolute atomic E-state index is 5.26. The number of nitrogens with zero attached hydrogens (tertiary/aromatic N) is 1. The quantitative estimate of drug-likeness (QED) is 0.864. The van der Waals surface area contributed by atoms with Gasteiger partial charge in [0.2, 0.25) is 0 Å². The Morgan fingerprint density at radius 3 is 3.07 bits per heavy atom. The van der Waals surface area contributed by atoms with Crippen LogP contribution in [0.2, 0.25) is 0 Å². The van der Waals surface area contributed by atoms with Gasteiger partial charge < -0.3 is 9.73 Å². The number of furan rings is 1. The zero-order chi connectivity index (χ0) is 10.7. The number of nitrogens with one attached hydrogen (secondary N) is 1. The third kappa shape index (κ3) is 2.27. The van der Waals surface area contributed by atoms with Gasteiger partial charge >= 0.3 is 0 Å². The van der Waals surface area contributed by atoms with Gasteiger partial charge in [0.05, 0.1) is 11.8 Å². The molecule has 0 radical (unpaired) electrons. The molecule has 1 N–H and O–H groups in total. The summed E-state index contributed by atoms with van der Waals surface area (Å²) in [6, 6.07) is 1.96. The van der Waals surface area contributed by atoms with Crippen LogP contribution in [0.5, 0.6) is 0 Å². The largest absolute Gasteiger partial charge is 0.469 e. The second kappa shape index (κ2) is 4.59. The van der Waals surface area contributed by atoms with Crippen LogP contribution in [0.15, 0.2) is 22.9 Å². The molecule has 0 fully saturated rings. The van der Waals surface area contributed by atoms with Crippen molar-refractivity contribution in [3.05, 3.63) is 29.2 Å². The Bertz CT molecular complexity index is 433. The summed E-state index contributed by atoms with van der Waals surface area (Å²) in [5.74, 6) is 0.930. The fraction of sp³-hybridized carbons (Fsp3) is 0.364. The molecule has 2 aromatic heterocycles. The molecule has 0 bridgehead atoms. The second-order valence-electron chi connectivity index (χ2n) is 3.30. The predicted octanol–water partition coefficient (Wildman–Crippen LogP) is 2.82. The first-order valence-corrected chi connectivity index (χ1v) is 5.82. The molecule has 0 aliphatic heterocycles. The number of rotatable bonds is 4. The molecule has 80 valence electrons. The minimum absolute atomic E-state index is 0.894. The molecular weight excluding hydrogens is 208 g/mol. The molecule has 0 saturated heterocycles. The number of hydrogen-bond donors (Lipinski definition) is 1. The van der Waals surface area contributed by atoms with Crippen LogP contribution in [0, 0.1) is 6.92 Å². The van der Waals surface area contributed by atoms with E-state index in [4.69, 9.17) is 4.42 Å². The van der Waals surface area contributed by atoms with E-state index < -0.39 is 0 Å². The molecule has 0 aliphatic rings. The number of thiazole rings is 1. The van der Waals surface area contributed by atoms with Crippen LogP contribution < -0.4 is 5.32 Å². The fourth-order valence-corrected chi connectivity index (χ4v) is 2.32. The van der Waals surface area contributed by atoms with Crippen LogP contribution in [-0.4, -0.2) is 11.5 Å². The molecule has 2 rings (SSSR count). The summed E-state index contributed by atoms with van der Waals surface area (Å²) in [5, 5.41) is 4.32. The number of aromatic nitrogens is 1. The summed E-state index contributed by atoms with van der Waals surface area (Å²) in [5.41, 5.74) is 1.10. The lowest BCUT2D eigenvalue weighted by Crippen LogP contribution is -2.10. The first kappa shape index (κ1) is 10.4. The highest BCUT2D eigenvalue weighted by atomic mass is 32.1. The first-order chi connectivity index (χ1) is 7.31. The Hall–Kier alpha value is -1.13. The van der Waals surface area contributed by atoms with E-state index in [9.17, 15) is 0 Å². The van der Waals surface area contributed by atoms with Gasteiger partial charge in [-0.05, 0) is 19.5 Å². The molecule has 0 atom stereocenters. The summed E-state index contributed by atoms with van der Waals surface area (Å²) >= 11 is 1.71. The fourth-order valence-electron chi connectivity index (χ4n) is 1.37. The third-order valence-corrected chi connectivity index (χ3v) is 3.22. The molecule has 0 spiro atoms. The minimum Gasteiger partial charge on any atom is -0.469 e. The van der Waals surface area contributed by atoms with E-state index in [1.807, 2.05) is 19.2 Å². The Morgan fingerprint density at radius 2 is 2.40 bits per heavy atom. The van der Waals surface area contributed by atoms with Gasteiger partial charge in [-0.25, -0.2) is 4.98 Å². The van der Waals surface area contributed by atoms with Crippen molar-refractivity contribution in [1.29, 1.82) is 0 Å². The van der Waals surface area contributed by atoms with E-state index in [2.05, 4.69) is 17.2 Å². The molecule has 0 unspecified atom stereocenters. The van der Waals surface area contributed by atoms with E-state index in [0.29, 0.717) is 0 Å². The lowest BCUT2D eigenvalue weighted by molar-refractivity contribution is 0.535. The minimum atomic E-state index is 0.894. The molecule has 3 nitrogen and oxygen atoms in total. The van der Waals surface area contributed by atoms with Gasteiger partial charge in [0.15, 0.2) is 0 Å². The maximum Gasteiger partial charge on any atom is 0.127 e. The van der Waals surface area contributed by atoms with Crippen LogP contribution >= 0.6 is 11.3 Å². The molecule has 4 heteroatoms. The first-order valence-electron chi connectivity index (χ1n) is 5.01. The average molecular weight is 222 g/mol. The van der Waals surface area contributed by atoms with E-state index in [0.717, 1.165) is 29.4 Å². The molecule has 0 amide bonds. The van der Waals surface area contributed by atoms with Gasteiger partial charge in [0.1, 0.15) is 10.8 Å². The molecular formula is C11H14N2OS. The lowest BCUT2D eigenvalue weighted by Gasteiger charge is -1.95. The van der Waals surface area contributed by atoms with Crippen molar-refractivity contribution in [1.82, 2.24) is 10.3 Å². The van der Waals surface area contributed by atoms with E-state index in [-0.39, 0.29) is 0 Å². The molecule has 0 saturated carbocycles. The number of hydrogen-bond acceptors (Lipinski definition) is 4. The number of aryl methyl sites for hydroxylation is 1. The normalized spacial score (nSPS) is 10.8. The monoisotopic (exact) mass is 222 g/mol. The Labute approximate surface area is 93.2 Å². The molecule has 2 aromatic rings. The summed E-state index contributed by atoms with van der Waals surface area (Å²) in [6.45, 7) is 5.94. The maximum atomic E-state index is 5.26. The van der Waals surface area contributed by atoms with Crippen molar-refractivity contribution in [2.75, 3.05) is 6.54 Å². The van der Waals surface area contributed by atoms with E-state index in [1.54, 1.807) is 17.6 Å². The van der Waals surface area contributed by atoms with Crippen molar-refractivity contribution in [3.63, 3.8) is 0 Å². The van der Waals surface area contributed by atoms with Gasteiger partial charge in [-0.1, -0.05) is 6.92 Å². The zero-order valence-electron chi connectivity index (χ0n) is 8.91. The molecule has 15 heavy (non-hydrogen) atoms. The average Bonchev–Trinajstić information content (AvgIpc) is 2.83. The SMILES string of the molecule is CCNCc1cnc(-c2ccoc2C)s1. The summed E-state index contributed by atoms with van der Waals surface area (Å²) in [4.78, 5) is 5.65. The van der Waals surface area contributed by atoms with Gasteiger partial charge in [0.25, 0.3) is 0 Å². The van der Waals surface area contributed by atoms with Crippen molar-refractivity contribution in [2.24, 2.45) is 0 Å². The molecule has 2 heterocycles. The van der Waals surface area contributed by atoms with Crippen molar-refractivity contribution < 1.29 is 4.42 Å². The third-order valence-electron chi connectivity index (χ3n) is 2.19. The van der Waals surface area contributed by atoms with Gasteiger partial charge in [-0.3, -0.25) is 0 Å². The lowest BCUT2D eigenvalue weighted by atomic mass is 10.3. The molecule has 0 aromatic carbocycles. The van der Waals surface area contributed by atoms with Crippen molar-refractivity contribution in [3.8, 4) is 10.6 Å². The zero-order valence-corrected chi connectivity index (χ0v) is 9.73. The standard InChI is InChI=1S/C11H14N2OS/c1-3-12-6-9-7-13-11(15-9)10-4-5-14-8(10)2/h4-5,7,12H,3,6H2,1-2H3. The van der Waals surface area contributed by atoms with Crippen LogP contribution in [-0.2, 0) is 6.54 Å².